The third-order valence-electron chi connectivity index (χ3n) is 22.3. The Kier molecular flexibility index (Phi) is 63.0. The van der Waals surface area contributed by atoms with E-state index in [1.807, 2.05) is 0 Å². The van der Waals surface area contributed by atoms with Gasteiger partial charge < -0.3 is 28.4 Å². The first-order valence-corrected chi connectivity index (χ1v) is 47.4. The SMILES string of the molecule is CCCCCCCCCCCCCOc1cc2c(cc1OCCCCCCCCCCCCC)C#Cc1cc(OCCCCCCCCCCCCC)c(OCCCCCCCCCCCCC)cc1C#Cc1cc(OCCCCCCCCCCCCC)c(OCCCCCCCCCCCCC)cc1C#C2. The zero-order valence-corrected chi connectivity index (χ0v) is 71.8. The van der Waals surface area contributed by atoms with Crippen LogP contribution in [0.3, 0.4) is 0 Å². The summed E-state index contributed by atoms with van der Waals surface area (Å²) in [5.41, 5.74) is 4.83. The fourth-order valence-corrected chi connectivity index (χ4v) is 15.1. The third-order valence-corrected chi connectivity index (χ3v) is 22.3. The molecule has 0 unspecified atom stereocenters. The van der Waals surface area contributed by atoms with Crippen molar-refractivity contribution in [1.29, 1.82) is 0 Å². The predicted molar refractivity (Wildman–Crippen MR) is 469 cm³/mol. The van der Waals surface area contributed by atoms with Gasteiger partial charge >= 0.3 is 0 Å². The minimum absolute atomic E-state index is 0.628. The van der Waals surface area contributed by atoms with Crippen molar-refractivity contribution in [3.05, 3.63) is 69.8 Å². The third kappa shape index (κ3) is 50.2. The highest BCUT2D eigenvalue weighted by Gasteiger charge is 2.18. The summed E-state index contributed by atoms with van der Waals surface area (Å²) in [6.07, 6.45) is 85.1. The van der Waals surface area contributed by atoms with Gasteiger partial charge in [-0.1, -0.05) is 462 Å². The van der Waals surface area contributed by atoms with Crippen molar-refractivity contribution in [2.24, 2.45) is 0 Å². The highest BCUT2D eigenvalue weighted by atomic mass is 16.5. The summed E-state index contributed by atoms with van der Waals surface area (Å²) in [4.78, 5) is 0. The van der Waals surface area contributed by atoms with Crippen LogP contribution in [0, 0.1) is 35.5 Å². The second-order valence-electron chi connectivity index (χ2n) is 32.6. The molecule has 0 atom stereocenters. The molecule has 0 fully saturated rings. The fourth-order valence-electron chi connectivity index (χ4n) is 15.1. The van der Waals surface area contributed by atoms with Gasteiger partial charge in [0.1, 0.15) is 0 Å². The molecule has 0 heterocycles. The number of ether oxygens (including phenoxy) is 6. The molecular formula is C102H168O6. The van der Waals surface area contributed by atoms with Crippen LogP contribution in [0.1, 0.15) is 499 Å². The summed E-state index contributed by atoms with van der Waals surface area (Å²) < 4.78 is 41.2. The van der Waals surface area contributed by atoms with E-state index in [4.69, 9.17) is 28.4 Å². The molecule has 0 bridgehead atoms. The Morgan fingerprint density at radius 1 is 0.139 bits per heavy atom. The summed E-state index contributed by atoms with van der Waals surface area (Å²) in [5, 5.41) is 0. The average molecular weight is 1490 g/mol. The van der Waals surface area contributed by atoms with E-state index < -0.39 is 0 Å². The van der Waals surface area contributed by atoms with Gasteiger partial charge in [-0.2, -0.15) is 0 Å². The normalized spacial score (nSPS) is 11.5. The van der Waals surface area contributed by atoms with E-state index in [-0.39, 0.29) is 0 Å². The number of fused-ring (bicyclic) bond motifs is 3. The van der Waals surface area contributed by atoms with Crippen molar-refractivity contribution < 1.29 is 28.4 Å². The molecule has 0 aromatic heterocycles. The highest BCUT2D eigenvalue weighted by molar-refractivity contribution is 5.67. The lowest BCUT2D eigenvalue weighted by Crippen LogP contribution is -2.05. The van der Waals surface area contributed by atoms with Crippen LogP contribution in [0.2, 0.25) is 0 Å². The van der Waals surface area contributed by atoms with Crippen molar-refractivity contribution in [2.45, 2.75) is 465 Å². The molecule has 6 nitrogen and oxygen atoms in total. The number of rotatable bonds is 78. The van der Waals surface area contributed by atoms with Gasteiger partial charge in [-0.15, -0.1) is 0 Å². The number of unbranched alkanes of at least 4 members (excludes halogenated alkanes) is 60. The van der Waals surface area contributed by atoms with E-state index >= 15 is 0 Å². The molecule has 4 rings (SSSR count). The lowest BCUT2D eigenvalue weighted by atomic mass is 10.0. The maximum absolute atomic E-state index is 6.86. The zero-order valence-electron chi connectivity index (χ0n) is 71.8. The molecule has 0 radical (unpaired) electrons. The van der Waals surface area contributed by atoms with Crippen LogP contribution in [0.15, 0.2) is 36.4 Å². The smallest absolute Gasteiger partial charge is 0.162 e. The van der Waals surface area contributed by atoms with Crippen LogP contribution in [0.4, 0.5) is 0 Å². The van der Waals surface area contributed by atoms with Gasteiger partial charge in [0, 0.05) is 69.8 Å². The minimum Gasteiger partial charge on any atom is -0.490 e. The highest BCUT2D eigenvalue weighted by Crippen LogP contribution is 2.37. The van der Waals surface area contributed by atoms with E-state index in [9.17, 15) is 0 Å². The summed E-state index contributed by atoms with van der Waals surface area (Å²) in [6, 6.07) is 12.7. The predicted octanol–water partition coefficient (Wildman–Crippen LogP) is 32.3. The van der Waals surface area contributed by atoms with Crippen molar-refractivity contribution in [1.82, 2.24) is 0 Å². The molecule has 0 N–H and O–H groups in total. The van der Waals surface area contributed by atoms with Crippen molar-refractivity contribution in [3.8, 4) is 70.0 Å². The van der Waals surface area contributed by atoms with Gasteiger partial charge in [-0.05, 0) is 38.5 Å². The van der Waals surface area contributed by atoms with Crippen LogP contribution in [0.5, 0.6) is 34.5 Å². The molecule has 108 heavy (non-hydrogen) atoms. The Labute approximate surface area is 669 Å². The van der Waals surface area contributed by atoms with Gasteiger partial charge in [-0.25, -0.2) is 0 Å². The second kappa shape index (κ2) is 71.2. The molecule has 1 aliphatic rings. The van der Waals surface area contributed by atoms with Crippen LogP contribution in [-0.2, 0) is 0 Å². The van der Waals surface area contributed by atoms with Crippen molar-refractivity contribution in [3.63, 3.8) is 0 Å². The minimum atomic E-state index is 0.628. The maximum atomic E-state index is 6.86. The van der Waals surface area contributed by atoms with Crippen LogP contribution < -0.4 is 28.4 Å². The van der Waals surface area contributed by atoms with E-state index in [0.717, 1.165) is 145 Å². The molecule has 6 heteroatoms. The molecule has 0 amide bonds. The molecule has 1 aliphatic carbocycles. The van der Waals surface area contributed by atoms with Gasteiger partial charge in [0.15, 0.2) is 34.5 Å². The molecule has 0 aliphatic heterocycles. The Morgan fingerprint density at radius 2 is 0.231 bits per heavy atom. The Hall–Kier alpha value is -4.86. The molecule has 3 aromatic rings. The maximum Gasteiger partial charge on any atom is 0.162 e. The van der Waals surface area contributed by atoms with E-state index in [1.165, 1.54) is 347 Å². The number of hydrogen-bond donors (Lipinski definition) is 0. The average Bonchev–Trinajstić information content (AvgIpc) is 0.807. The summed E-state index contributed by atoms with van der Waals surface area (Å²) in [5.74, 6) is 26.6. The lowest BCUT2D eigenvalue weighted by molar-refractivity contribution is 0.258. The quantitative estimate of drug-likeness (QED) is 0.0324. The van der Waals surface area contributed by atoms with Crippen LogP contribution in [0.25, 0.3) is 0 Å². The Morgan fingerprint density at radius 3 is 0.333 bits per heavy atom. The topological polar surface area (TPSA) is 55.4 Å². The van der Waals surface area contributed by atoms with Crippen LogP contribution >= 0.6 is 0 Å². The number of benzene rings is 3. The molecule has 3 aromatic carbocycles. The second-order valence-corrected chi connectivity index (χ2v) is 32.6. The Bertz CT molecular complexity index is 2300. The largest absolute Gasteiger partial charge is 0.490 e. The molecule has 0 saturated carbocycles. The number of hydrogen-bond acceptors (Lipinski definition) is 6. The summed E-state index contributed by atoms with van der Waals surface area (Å²) >= 11 is 0. The molecular weight excluding hydrogens is 1320 g/mol. The first-order chi connectivity index (χ1) is 53.5. The lowest BCUT2D eigenvalue weighted by Gasteiger charge is -2.16. The van der Waals surface area contributed by atoms with Gasteiger partial charge in [0.05, 0.1) is 39.6 Å². The molecule has 612 valence electrons. The van der Waals surface area contributed by atoms with E-state index in [1.54, 1.807) is 0 Å². The first kappa shape index (κ1) is 95.5. The first-order valence-electron chi connectivity index (χ1n) is 47.4. The zero-order chi connectivity index (χ0) is 76.6. The van der Waals surface area contributed by atoms with Crippen LogP contribution in [-0.4, -0.2) is 39.6 Å². The summed E-state index contributed by atoms with van der Waals surface area (Å²) in [6.45, 7) is 17.6. The van der Waals surface area contributed by atoms with Gasteiger partial charge in [-0.3, -0.25) is 0 Å². The van der Waals surface area contributed by atoms with Crippen molar-refractivity contribution in [2.75, 3.05) is 39.6 Å². The van der Waals surface area contributed by atoms with Gasteiger partial charge in [0.2, 0.25) is 0 Å². The monoisotopic (exact) mass is 1490 g/mol. The molecule has 0 saturated heterocycles. The standard InChI is InChI=1S/C102H168O6/c1-7-13-19-25-31-37-43-49-55-61-67-79-103-97-85-91-73-74-93-87-99(105-81-69-63-57-51-45-39-33-27-21-15-9-3)101(107-83-71-65-59-53-47-41-35-29-23-17-11-5)89-95(93)77-78-96-90-102(108-84-72-66-60-54-48-42-36-30-24-18-12-6)100(106-82-70-64-58-52-46-40-34-28-22-16-10-4)88-94(96)76-75-92(91)86-98(97)104-80-68-62-56-50-44-38-32-26-20-14-8-2/h85-90H,7-72,79-84H2,1-6H3. The van der Waals surface area contributed by atoms with E-state index in [2.05, 4.69) is 113 Å². The fraction of sp³-hybridized carbons (Fsp3) is 0.765. The Balaban J connectivity index is 1.78. The van der Waals surface area contributed by atoms with Crippen molar-refractivity contribution >= 4 is 0 Å². The summed E-state index contributed by atoms with van der Waals surface area (Å²) in [7, 11) is 0. The molecule has 0 spiro atoms. The van der Waals surface area contributed by atoms with E-state index in [0.29, 0.717) is 39.6 Å². The van der Waals surface area contributed by atoms with Gasteiger partial charge in [0.25, 0.3) is 0 Å².